The maximum Gasteiger partial charge on any atom is 0.502 e. The molecule has 0 N–H and O–H groups in total. The van der Waals surface area contributed by atoms with E-state index in [0.29, 0.717) is 0 Å². The first-order valence-corrected chi connectivity index (χ1v) is 9.10. The van der Waals surface area contributed by atoms with Crippen molar-refractivity contribution in [3.8, 4) is 0 Å². The Morgan fingerprint density at radius 1 is 1.10 bits per heavy atom. The molecule has 0 saturated heterocycles. The van der Waals surface area contributed by atoms with Crippen LogP contribution in [0.2, 0.25) is 6.04 Å². The van der Waals surface area contributed by atoms with Crippen LogP contribution in [0.15, 0.2) is 12.7 Å². The number of ether oxygens (including phenoxy) is 1. The number of rotatable bonds is 13. The van der Waals surface area contributed by atoms with Crippen molar-refractivity contribution >= 4 is 14.8 Å². The van der Waals surface area contributed by atoms with E-state index >= 15 is 0 Å². The molecule has 20 heavy (non-hydrogen) atoms. The SMILES string of the molecule is C=CC(=O)OCO[Si](CCCCCCCC)(OC)OC. The zero-order valence-electron chi connectivity index (χ0n) is 13.0. The second kappa shape index (κ2) is 12.1. The molecule has 0 unspecified atom stereocenters. The highest BCUT2D eigenvalue weighted by molar-refractivity contribution is 6.60. The van der Waals surface area contributed by atoms with Gasteiger partial charge in [0.15, 0.2) is 6.79 Å². The van der Waals surface area contributed by atoms with E-state index in [1.54, 1.807) is 14.2 Å². The van der Waals surface area contributed by atoms with E-state index in [-0.39, 0.29) is 6.79 Å². The van der Waals surface area contributed by atoms with E-state index < -0.39 is 14.8 Å². The third kappa shape index (κ3) is 8.47. The monoisotopic (exact) mass is 304 g/mol. The summed E-state index contributed by atoms with van der Waals surface area (Å²) in [7, 11) is 0.440. The average Bonchev–Trinajstić information content (AvgIpc) is 2.48. The van der Waals surface area contributed by atoms with Gasteiger partial charge in [-0.2, -0.15) is 0 Å². The molecule has 0 aromatic heterocycles. The molecule has 0 fully saturated rings. The minimum atomic E-state index is -2.70. The third-order valence-electron chi connectivity index (χ3n) is 3.11. The average molecular weight is 304 g/mol. The first kappa shape index (κ1) is 19.3. The molecule has 0 aliphatic heterocycles. The summed E-state index contributed by atoms with van der Waals surface area (Å²) in [5.41, 5.74) is 0. The Labute approximate surface area is 123 Å². The van der Waals surface area contributed by atoms with Gasteiger partial charge in [0.25, 0.3) is 0 Å². The number of esters is 1. The van der Waals surface area contributed by atoms with Crippen molar-refractivity contribution in [3.63, 3.8) is 0 Å². The predicted octanol–water partition coefficient (Wildman–Crippen LogP) is 3.28. The van der Waals surface area contributed by atoms with Crippen LogP contribution in [-0.4, -0.2) is 35.8 Å². The van der Waals surface area contributed by atoms with Gasteiger partial charge in [-0.05, 0) is 6.42 Å². The molecule has 0 atom stereocenters. The largest absolute Gasteiger partial charge is 0.502 e. The van der Waals surface area contributed by atoms with Gasteiger partial charge in [-0.25, -0.2) is 4.79 Å². The number of hydrogen-bond donors (Lipinski definition) is 0. The number of unbranched alkanes of at least 4 members (excludes halogenated alkanes) is 5. The Morgan fingerprint density at radius 3 is 2.25 bits per heavy atom. The van der Waals surface area contributed by atoms with E-state index in [2.05, 4.69) is 13.5 Å². The van der Waals surface area contributed by atoms with Crippen molar-refractivity contribution in [1.29, 1.82) is 0 Å². The molecular weight excluding hydrogens is 276 g/mol. The van der Waals surface area contributed by atoms with E-state index in [1.807, 2.05) is 0 Å². The fourth-order valence-corrected chi connectivity index (χ4v) is 3.71. The maximum absolute atomic E-state index is 10.9. The lowest BCUT2D eigenvalue weighted by Crippen LogP contribution is -2.44. The fraction of sp³-hybridized carbons (Fsp3) is 0.786. The second-order valence-electron chi connectivity index (χ2n) is 4.54. The van der Waals surface area contributed by atoms with Crippen molar-refractivity contribution in [3.05, 3.63) is 12.7 Å². The summed E-state index contributed by atoms with van der Waals surface area (Å²) in [6.45, 7) is 5.36. The second-order valence-corrected chi connectivity index (χ2v) is 7.51. The van der Waals surface area contributed by atoms with Gasteiger partial charge < -0.3 is 18.0 Å². The highest BCUT2D eigenvalue weighted by Gasteiger charge is 2.38. The molecule has 0 amide bonds. The molecule has 0 heterocycles. The molecule has 0 aliphatic carbocycles. The smallest absolute Gasteiger partial charge is 0.436 e. The van der Waals surface area contributed by atoms with Gasteiger partial charge in [0, 0.05) is 26.3 Å². The lowest BCUT2D eigenvalue weighted by Gasteiger charge is -2.25. The van der Waals surface area contributed by atoms with Crippen molar-refractivity contribution in [1.82, 2.24) is 0 Å². The Balaban J connectivity index is 3.98. The fourth-order valence-electron chi connectivity index (χ4n) is 1.84. The quantitative estimate of drug-likeness (QED) is 0.172. The molecule has 0 aromatic rings. The summed E-state index contributed by atoms with van der Waals surface area (Å²) >= 11 is 0. The molecule has 0 radical (unpaired) electrons. The van der Waals surface area contributed by atoms with Crippen molar-refractivity contribution < 1.29 is 22.8 Å². The van der Waals surface area contributed by atoms with E-state index in [0.717, 1.165) is 25.0 Å². The summed E-state index contributed by atoms with van der Waals surface area (Å²) in [4.78, 5) is 10.9. The number of carbonyl (C=O) groups excluding carboxylic acids is 1. The number of carbonyl (C=O) groups is 1. The molecule has 0 spiro atoms. The van der Waals surface area contributed by atoms with Gasteiger partial charge in [-0.15, -0.1) is 0 Å². The summed E-state index contributed by atoms with van der Waals surface area (Å²) in [5, 5.41) is 0. The zero-order valence-corrected chi connectivity index (χ0v) is 14.0. The van der Waals surface area contributed by atoms with Crippen molar-refractivity contribution in [2.45, 2.75) is 51.5 Å². The van der Waals surface area contributed by atoms with Crippen molar-refractivity contribution in [2.24, 2.45) is 0 Å². The summed E-state index contributed by atoms with van der Waals surface area (Å²) in [6.07, 6.45) is 8.24. The standard InChI is InChI=1S/C14H28O5Si/c1-5-7-8-9-10-11-12-20(16-3,17-4)19-13-18-14(15)6-2/h6H,2,5,7-13H2,1,3-4H3. The Hall–Kier alpha value is -0.693. The van der Waals surface area contributed by atoms with E-state index in [4.69, 9.17) is 18.0 Å². The molecule has 0 aliphatic rings. The molecule has 0 aromatic carbocycles. The van der Waals surface area contributed by atoms with Crippen LogP contribution < -0.4 is 0 Å². The van der Waals surface area contributed by atoms with Crippen LogP contribution in [0.5, 0.6) is 0 Å². The summed E-state index contributed by atoms with van der Waals surface area (Å²) < 4.78 is 21.2. The summed E-state index contributed by atoms with van der Waals surface area (Å²) in [5.74, 6) is -0.514. The van der Waals surface area contributed by atoms with Gasteiger partial charge in [0.05, 0.1) is 0 Å². The van der Waals surface area contributed by atoms with Crippen LogP contribution in [0, 0.1) is 0 Å². The van der Waals surface area contributed by atoms with Crippen LogP contribution in [0.25, 0.3) is 0 Å². The molecule has 6 heteroatoms. The normalized spacial score (nSPS) is 11.3. The minimum Gasteiger partial charge on any atom is -0.436 e. The molecule has 5 nitrogen and oxygen atoms in total. The Bertz CT molecular complexity index is 266. The van der Waals surface area contributed by atoms with Crippen molar-refractivity contribution in [2.75, 3.05) is 21.0 Å². The van der Waals surface area contributed by atoms with Gasteiger partial charge >= 0.3 is 14.8 Å². The minimum absolute atomic E-state index is 0.158. The van der Waals surface area contributed by atoms with Crippen LogP contribution in [-0.2, 0) is 22.8 Å². The Morgan fingerprint density at radius 2 is 1.70 bits per heavy atom. The molecule has 118 valence electrons. The zero-order chi connectivity index (χ0) is 15.3. The van der Waals surface area contributed by atoms with Gasteiger partial charge in [0.2, 0.25) is 0 Å². The molecule has 0 saturated carbocycles. The first-order chi connectivity index (χ1) is 9.64. The third-order valence-corrected chi connectivity index (χ3v) is 5.87. The van der Waals surface area contributed by atoms with Crippen LogP contribution >= 0.6 is 0 Å². The summed E-state index contributed by atoms with van der Waals surface area (Å²) in [6, 6.07) is 0.734. The number of hydrogen-bond acceptors (Lipinski definition) is 5. The Kier molecular flexibility index (Phi) is 11.7. The van der Waals surface area contributed by atoms with Crippen LogP contribution in [0.1, 0.15) is 45.4 Å². The highest BCUT2D eigenvalue weighted by Crippen LogP contribution is 2.19. The predicted molar refractivity (Wildman–Crippen MR) is 80.2 cm³/mol. The maximum atomic E-state index is 10.9. The lowest BCUT2D eigenvalue weighted by molar-refractivity contribution is -0.146. The molecule has 0 rings (SSSR count). The molecule has 0 bridgehead atoms. The highest BCUT2D eigenvalue weighted by atomic mass is 28.4. The topological polar surface area (TPSA) is 54.0 Å². The van der Waals surface area contributed by atoms with E-state index in [9.17, 15) is 4.79 Å². The van der Waals surface area contributed by atoms with Crippen LogP contribution in [0.3, 0.4) is 0 Å². The van der Waals surface area contributed by atoms with Gasteiger partial charge in [0.1, 0.15) is 0 Å². The van der Waals surface area contributed by atoms with Gasteiger partial charge in [-0.3, -0.25) is 0 Å². The molecular formula is C14H28O5Si. The van der Waals surface area contributed by atoms with Gasteiger partial charge in [-0.1, -0.05) is 45.6 Å². The first-order valence-electron chi connectivity index (χ1n) is 7.17. The van der Waals surface area contributed by atoms with E-state index in [1.165, 1.54) is 25.7 Å². The lowest BCUT2D eigenvalue weighted by atomic mass is 10.1. The van der Waals surface area contributed by atoms with Crippen LogP contribution in [0.4, 0.5) is 0 Å².